The Hall–Kier alpha value is -2.73. The van der Waals surface area contributed by atoms with E-state index in [9.17, 15) is 32.7 Å². The molecule has 41 heavy (non-hydrogen) atoms. The van der Waals surface area contributed by atoms with Gasteiger partial charge in [-0.2, -0.15) is 18.3 Å². The Bertz CT molecular complexity index is 1330. The summed E-state index contributed by atoms with van der Waals surface area (Å²) in [6.07, 6.45) is -2.51. The van der Waals surface area contributed by atoms with Crippen LogP contribution >= 0.6 is 23.2 Å². The Balaban J connectivity index is 1.69. The Kier molecular flexibility index (Phi) is 8.76. The lowest BCUT2D eigenvalue weighted by atomic mass is 9.74. The van der Waals surface area contributed by atoms with Crippen molar-refractivity contribution in [2.24, 2.45) is 5.41 Å². The van der Waals surface area contributed by atoms with Crippen LogP contribution in [0.15, 0.2) is 12.3 Å². The first-order valence-corrected chi connectivity index (χ1v) is 14.0. The summed E-state index contributed by atoms with van der Waals surface area (Å²) in [4.78, 5) is 43.3. The Morgan fingerprint density at radius 1 is 1.15 bits per heavy atom. The summed E-state index contributed by atoms with van der Waals surface area (Å²) < 4.78 is 59.7. The van der Waals surface area contributed by atoms with E-state index in [1.807, 2.05) is 0 Å². The zero-order valence-corrected chi connectivity index (χ0v) is 24.0. The van der Waals surface area contributed by atoms with Crippen LogP contribution in [0.2, 0.25) is 10.2 Å². The van der Waals surface area contributed by atoms with E-state index < -0.39 is 65.3 Å². The maximum atomic E-state index is 15.6. The number of carboxylic acids is 1. The van der Waals surface area contributed by atoms with Crippen molar-refractivity contribution in [3.63, 3.8) is 0 Å². The molecule has 2 aromatic rings. The van der Waals surface area contributed by atoms with Crippen molar-refractivity contribution >= 4 is 40.9 Å². The molecule has 2 aromatic heterocycles. The third-order valence-electron chi connectivity index (χ3n) is 8.14. The first-order valence-electron chi connectivity index (χ1n) is 13.3. The summed E-state index contributed by atoms with van der Waals surface area (Å²) in [7, 11) is 0. The number of carboxylic acid groups (broad SMARTS) is 1. The minimum atomic E-state index is -5.01. The molecule has 2 heterocycles. The topological polar surface area (TPSA) is 105 Å². The van der Waals surface area contributed by atoms with Gasteiger partial charge < -0.3 is 10.0 Å². The Morgan fingerprint density at radius 3 is 2.29 bits per heavy atom. The highest BCUT2D eigenvalue weighted by Crippen LogP contribution is 2.44. The fourth-order valence-electron chi connectivity index (χ4n) is 5.75. The van der Waals surface area contributed by atoms with E-state index in [1.165, 1.54) is 6.07 Å². The van der Waals surface area contributed by atoms with Crippen molar-refractivity contribution in [2.45, 2.75) is 83.1 Å². The lowest BCUT2D eigenvalue weighted by molar-refractivity contribution is -0.152. The van der Waals surface area contributed by atoms with E-state index in [2.05, 4.69) is 10.1 Å². The number of aromatic nitrogens is 3. The molecule has 2 aliphatic rings. The molecule has 0 aromatic carbocycles. The van der Waals surface area contributed by atoms with E-state index >= 15 is 4.39 Å². The summed E-state index contributed by atoms with van der Waals surface area (Å²) in [5.41, 5.74) is -4.89. The van der Waals surface area contributed by atoms with Crippen LogP contribution in [0.3, 0.4) is 0 Å². The lowest BCUT2D eigenvalue weighted by Crippen LogP contribution is -2.45. The molecule has 2 saturated carbocycles. The molecule has 1 amide bonds. The number of nitrogens with zero attached hydrogens (tertiary/aromatic N) is 4. The SMILES string of the molecule is Cc1cc(Cl)c(C(=O)CN(CC2(F)CCCC2)C(=O)c2cnn([C@H]3CC[C@](C)(C(=O)O)CC3)c2C(F)(F)F)c(Cl)n1. The minimum absolute atomic E-state index is 0.0508. The lowest BCUT2D eigenvalue weighted by Gasteiger charge is -2.34. The smallest absolute Gasteiger partial charge is 0.433 e. The molecule has 4 rings (SSSR count). The predicted molar refractivity (Wildman–Crippen MR) is 142 cm³/mol. The molecular weight excluding hydrogens is 591 g/mol. The van der Waals surface area contributed by atoms with Gasteiger partial charge in [0, 0.05) is 5.69 Å². The van der Waals surface area contributed by atoms with E-state index in [1.54, 1.807) is 13.8 Å². The molecule has 8 nitrogen and oxygen atoms in total. The largest absolute Gasteiger partial charge is 0.481 e. The number of alkyl halides is 4. The van der Waals surface area contributed by atoms with E-state index in [4.69, 9.17) is 23.2 Å². The quantitative estimate of drug-likeness (QED) is 0.199. The van der Waals surface area contributed by atoms with Crippen LogP contribution in [0.25, 0.3) is 0 Å². The van der Waals surface area contributed by atoms with Crippen LogP contribution < -0.4 is 0 Å². The van der Waals surface area contributed by atoms with Crippen LogP contribution in [-0.2, 0) is 11.0 Å². The highest BCUT2D eigenvalue weighted by atomic mass is 35.5. The molecule has 14 heteroatoms. The first kappa shape index (κ1) is 31.2. The standard InChI is InChI=1S/C27H30Cl2F4N4O4/c1-15-11-18(28)20(22(29)35-15)19(38)13-36(14-26(30)7-3-4-8-26)23(39)17-12-34-37(21(17)27(31,32)33)16-5-9-25(2,10-6-16)24(40)41/h11-12,16H,3-10,13-14H2,1-2H3,(H,40,41)/t16-,25-. The monoisotopic (exact) mass is 620 g/mol. The number of carbonyl (C=O) groups is 3. The number of carbonyl (C=O) groups excluding carboxylic acids is 2. The number of amides is 1. The van der Waals surface area contributed by atoms with Crippen LogP contribution in [0, 0.1) is 12.3 Å². The van der Waals surface area contributed by atoms with Gasteiger partial charge in [0.1, 0.15) is 10.8 Å². The van der Waals surface area contributed by atoms with Crippen LogP contribution in [0.1, 0.15) is 96.4 Å². The Morgan fingerprint density at radius 2 is 1.76 bits per heavy atom. The van der Waals surface area contributed by atoms with Crippen molar-refractivity contribution in [1.82, 2.24) is 19.7 Å². The van der Waals surface area contributed by atoms with Crippen LogP contribution in [-0.4, -0.2) is 61.2 Å². The van der Waals surface area contributed by atoms with Gasteiger partial charge in [0.15, 0.2) is 11.5 Å². The number of hydrogen-bond donors (Lipinski definition) is 1. The van der Waals surface area contributed by atoms with E-state index in [0.29, 0.717) is 23.2 Å². The maximum Gasteiger partial charge on any atom is 0.433 e. The van der Waals surface area contributed by atoms with Crippen molar-refractivity contribution in [3.05, 3.63) is 45.0 Å². The zero-order valence-electron chi connectivity index (χ0n) is 22.5. The summed E-state index contributed by atoms with van der Waals surface area (Å²) >= 11 is 12.3. The second-order valence-electron chi connectivity index (χ2n) is 11.3. The molecule has 2 fully saturated rings. The van der Waals surface area contributed by atoms with E-state index in [-0.39, 0.29) is 54.3 Å². The van der Waals surface area contributed by atoms with Crippen molar-refractivity contribution in [2.75, 3.05) is 13.1 Å². The summed E-state index contributed by atoms with van der Waals surface area (Å²) in [6.45, 7) is 1.76. The number of pyridine rings is 1. The van der Waals surface area contributed by atoms with Gasteiger partial charge in [-0.1, -0.05) is 36.0 Å². The normalized spacial score (nSPS) is 22.5. The van der Waals surface area contributed by atoms with E-state index in [0.717, 1.165) is 11.1 Å². The van der Waals surface area contributed by atoms with Gasteiger partial charge in [0.2, 0.25) is 0 Å². The Labute approximate surface area is 244 Å². The molecule has 2 aliphatic carbocycles. The molecule has 0 unspecified atom stereocenters. The fraction of sp³-hybridized carbons (Fsp3) is 0.593. The fourth-order valence-corrected chi connectivity index (χ4v) is 6.49. The highest BCUT2D eigenvalue weighted by Gasteiger charge is 2.46. The molecule has 0 radical (unpaired) electrons. The average Bonchev–Trinajstić information content (AvgIpc) is 3.50. The number of halogens is 6. The van der Waals surface area contributed by atoms with Gasteiger partial charge >= 0.3 is 12.1 Å². The summed E-state index contributed by atoms with van der Waals surface area (Å²) in [5, 5.41) is 13.1. The van der Waals surface area contributed by atoms with Gasteiger partial charge in [-0.05, 0) is 58.4 Å². The molecule has 0 spiro atoms. The number of ketones is 1. The molecule has 1 N–H and O–H groups in total. The zero-order chi connectivity index (χ0) is 30.3. The summed E-state index contributed by atoms with van der Waals surface area (Å²) in [6, 6.07) is 0.584. The highest BCUT2D eigenvalue weighted by molar-refractivity contribution is 6.39. The molecule has 0 aliphatic heterocycles. The maximum absolute atomic E-state index is 15.6. The molecule has 0 bridgehead atoms. The molecule has 0 saturated heterocycles. The van der Waals surface area contributed by atoms with Gasteiger partial charge in [0.05, 0.1) is 46.9 Å². The average molecular weight is 621 g/mol. The third kappa shape index (κ3) is 6.53. The van der Waals surface area contributed by atoms with Crippen molar-refractivity contribution < 1.29 is 37.1 Å². The molecular formula is C27H30Cl2F4N4O4. The first-order chi connectivity index (χ1) is 19.0. The molecule has 0 atom stereocenters. The number of rotatable bonds is 8. The number of Topliss-reactive ketones (excluding diaryl/α,β-unsaturated/α-hetero) is 1. The van der Waals surface area contributed by atoms with Gasteiger partial charge in [-0.25, -0.2) is 9.37 Å². The van der Waals surface area contributed by atoms with Gasteiger partial charge in [-0.15, -0.1) is 0 Å². The number of aryl methyl sites for hydroxylation is 1. The van der Waals surface area contributed by atoms with Crippen molar-refractivity contribution in [3.8, 4) is 0 Å². The summed E-state index contributed by atoms with van der Waals surface area (Å²) in [5.74, 6) is -3.04. The third-order valence-corrected chi connectivity index (χ3v) is 8.72. The second-order valence-corrected chi connectivity index (χ2v) is 12.1. The predicted octanol–water partition coefficient (Wildman–Crippen LogP) is 6.73. The number of hydrogen-bond acceptors (Lipinski definition) is 5. The second kappa shape index (κ2) is 11.5. The van der Waals surface area contributed by atoms with Crippen LogP contribution in [0.5, 0.6) is 0 Å². The van der Waals surface area contributed by atoms with Crippen LogP contribution in [0.4, 0.5) is 17.6 Å². The number of aliphatic carboxylic acids is 1. The molecule has 224 valence electrons. The minimum Gasteiger partial charge on any atom is -0.481 e. The van der Waals surface area contributed by atoms with Gasteiger partial charge in [0.25, 0.3) is 5.91 Å². The van der Waals surface area contributed by atoms with Gasteiger partial charge in [-0.3, -0.25) is 19.1 Å². The van der Waals surface area contributed by atoms with Crippen molar-refractivity contribution in [1.29, 1.82) is 0 Å².